The van der Waals surface area contributed by atoms with Gasteiger partial charge in [-0.05, 0) is 32.0 Å². The van der Waals surface area contributed by atoms with E-state index in [1.165, 1.54) is 0 Å². The molecule has 0 aromatic heterocycles. The number of hydrogen-bond donors (Lipinski definition) is 2. The number of carbonyl (C=O) groups is 1. The van der Waals surface area contributed by atoms with Crippen LogP contribution in [0, 0.1) is 0 Å². The van der Waals surface area contributed by atoms with Crippen molar-refractivity contribution in [2.75, 3.05) is 32.8 Å². The van der Waals surface area contributed by atoms with Gasteiger partial charge in [0.15, 0.2) is 0 Å². The second-order valence-electron chi connectivity index (χ2n) is 5.51. The third-order valence-corrected chi connectivity index (χ3v) is 4.06. The second-order valence-corrected chi connectivity index (χ2v) is 5.51. The molecular weight excluding hydrogens is 268 g/mol. The molecule has 1 aromatic carbocycles. The summed E-state index contributed by atoms with van der Waals surface area (Å²) in [6, 6.07) is 7.72. The van der Waals surface area contributed by atoms with Crippen LogP contribution < -0.4 is 15.4 Å². The Hall–Kier alpha value is -1.59. The van der Waals surface area contributed by atoms with Crippen LogP contribution in [0.3, 0.4) is 0 Å². The number of hydrogen-bond acceptors (Lipinski definition) is 4. The van der Waals surface area contributed by atoms with Crippen molar-refractivity contribution in [2.24, 2.45) is 0 Å². The topological polar surface area (TPSA) is 59.6 Å². The Kier molecular flexibility index (Phi) is 4.72. The molecule has 1 amide bonds. The summed E-state index contributed by atoms with van der Waals surface area (Å²) in [4.78, 5) is 12.2. The van der Waals surface area contributed by atoms with Crippen LogP contribution in [0.5, 0.6) is 5.75 Å². The molecule has 1 fully saturated rings. The Labute approximate surface area is 125 Å². The van der Waals surface area contributed by atoms with Gasteiger partial charge in [-0.1, -0.05) is 18.2 Å². The van der Waals surface area contributed by atoms with Crippen LogP contribution in [0.4, 0.5) is 0 Å². The summed E-state index contributed by atoms with van der Waals surface area (Å²) < 4.78 is 11.3. The zero-order valence-corrected chi connectivity index (χ0v) is 12.1. The van der Waals surface area contributed by atoms with E-state index in [-0.39, 0.29) is 11.8 Å². The molecule has 1 unspecified atom stereocenters. The number of benzene rings is 1. The van der Waals surface area contributed by atoms with Gasteiger partial charge in [0.1, 0.15) is 18.3 Å². The lowest BCUT2D eigenvalue weighted by atomic mass is 10.0. The fourth-order valence-corrected chi connectivity index (χ4v) is 2.86. The van der Waals surface area contributed by atoms with Gasteiger partial charge in [0.25, 0.3) is 0 Å². The normalized spacial score (nSPS) is 21.6. The predicted octanol–water partition coefficient (Wildman–Crippen LogP) is 1.05. The lowest BCUT2D eigenvalue weighted by Crippen LogP contribution is -2.36. The third-order valence-electron chi connectivity index (χ3n) is 4.06. The number of ether oxygens (including phenoxy) is 2. The van der Waals surface area contributed by atoms with Crippen LogP contribution in [0.2, 0.25) is 0 Å². The third kappa shape index (κ3) is 3.54. The Morgan fingerprint density at radius 1 is 1.33 bits per heavy atom. The molecule has 1 atom stereocenters. The highest BCUT2D eigenvalue weighted by atomic mass is 16.5. The molecular formula is C16H22N2O3. The van der Waals surface area contributed by atoms with Gasteiger partial charge in [0.05, 0.1) is 12.7 Å². The summed E-state index contributed by atoms with van der Waals surface area (Å²) in [5.41, 5.74) is 0.981. The molecule has 0 spiro atoms. The largest absolute Gasteiger partial charge is 0.492 e. The van der Waals surface area contributed by atoms with Crippen LogP contribution in [0.15, 0.2) is 24.3 Å². The monoisotopic (exact) mass is 290 g/mol. The highest BCUT2D eigenvalue weighted by molar-refractivity contribution is 5.85. The van der Waals surface area contributed by atoms with Gasteiger partial charge in [-0.2, -0.15) is 0 Å². The number of piperidine rings is 1. The van der Waals surface area contributed by atoms with E-state index in [0.717, 1.165) is 37.2 Å². The Morgan fingerprint density at radius 3 is 3.00 bits per heavy atom. The van der Waals surface area contributed by atoms with E-state index in [2.05, 4.69) is 10.6 Å². The quantitative estimate of drug-likeness (QED) is 0.796. The Bertz CT molecular complexity index is 486. The average Bonchev–Trinajstić information content (AvgIpc) is 2.96. The standard InChI is InChI=1S/C16H22N2O3/c19-16(14-11-21-15-4-2-1-3-13(14)15)18-9-10-20-12-5-7-17-8-6-12/h1-4,12,14,17H,5-11H2,(H,18,19). The van der Waals surface area contributed by atoms with Crippen LogP contribution in [0.25, 0.3) is 0 Å². The molecule has 3 rings (SSSR count). The van der Waals surface area contributed by atoms with Gasteiger partial charge in [0, 0.05) is 12.1 Å². The lowest BCUT2D eigenvalue weighted by Gasteiger charge is -2.23. The van der Waals surface area contributed by atoms with Gasteiger partial charge in [-0.15, -0.1) is 0 Å². The van der Waals surface area contributed by atoms with Crippen LogP contribution >= 0.6 is 0 Å². The number of nitrogens with one attached hydrogen (secondary N) is 2. The highest BCUT2D eigenvalue weighted by Gasteiger charge is 2.29. The molecule has 21 heavy (non-hydrogen) atoms. The number of fused-ring (bicyclic) bond motifs is 1. The summed E-state index contributed by atoms with van der Waals surface area (Å²) in [5, 5.41) is 6.25. The number of rotatable bonds is 5. The van der Waals surface area contributed by atoms with E-state index in [0.29, 0.717) is 25.9 Å². The zero-order valence-electron chi connectivity index (χ0n) is 12.1. The van der Waals surface area contributed by atoms with Crippen LogP contribution in [-0.2, 0) is 9.53 Å². The molecule has 0 saturated carbocycles. The van der Waals surface area contributed by atoms with Gasteiger partial charge in [-0.3, -0.25) is 4.79 Å². The fraction of sp³-hybridized carbons (Fsp3) is 0.562. The summed E-state index contributed by atoms with van der Waals surface area (Å²) >= 11 is 0. The van der Waals surface area contributed by atoms with E-state index in [1.807, 2.05) is 24.3 Å². The van der Waals surface area contributed by atoms with E-state index in [4.69, 9.17) is 9.47 Å². The van der Waals surface area contributed by atoms with Gasteiger partial charge in [0.2, 0.25) is 5.91 Å². The van der Waals surface area contributed by atoms with E-state index >= 15 is 0 Å². The van der Waals surface area contributed by atoms with Crippen LogP contribution in [-0.4, -0.2) is 44.9 Å². The van der Waals surface area contributed by atoms with Crippen molar-refractivity contribution in [3.8, 4) is 5.75 Å². The smallest absolute Gasteiger partial charge is 0.231 e. The SMILES string of the molecule is O=C(NCCOC1CCNCC1)C1COc2ccccc21. The highest BCUT2D eigenvalue weighted by Crippen LogP contribution is 2.33. The predicted molar refractivity (Wildman–Crippen MR) is 79.5 cm³/mol. The molecule has 1 aromatic rings. The first-order valence-electron chi connectivity index (χ1n) is 7.66. The molecule has 2 N–H and O–H groups in total. The van der Waals surface area contributed by atoms with Gasteiger partial charge >= 0.3 is 0 Å². The fourth-order valence-electron chi connectivity index (χ4n) is 2.86. The molecule has 2 aliphatic heterocycles. The van der Waals surface area contributed by atoms with Crippen LogP contribution in [0.1, 0.15) is 24.3 Å². The van der Waals surface area contributed by atoms with Crippen molar-refractivity contribution in [1.29, 1.82) is 0 Å². The van der Waals surface area contributed by atoms with E-state index in [9.17, 15) is 4.79 Å². The summed E-state index contributed by atoms with van der Waals surface area (Å²) in [5.74, 6) is 0.651. The first-order chi connectivity index (χ1) is 10.3. The first kappa shape index (κ1) is 14.4. The summed E-state index contributed by atoms with van der Waals surface area (Å²) in [6.07, 6.45) is 2.44. The molecule has 114 valence electrons. The molecule has 1 saturated heterocycles. The molecule has 0 bridgehead atoms. The Balaban J connectivity index is 1.41. The van der Waals surface area contributed by atoms with Crippen molar-refractivity contribution in [2.45, 2.75) is 24.9 Å². The van der Waals surface area contributed by atoms with Gasteiger partial charge in [-0.25, -0.2) is 0 Å². The molecule has 2 aliphatic rings. The average molecular weight is 290 g/mol. The van der Waals surface area contributed by atoms with Gasteiger partial charge < -0.3 is 20.1 Å². The van der Waals surface area contributed by atoms with Crippen molar-refractivity contribution in [3.05, 3.63) is 29.8 Å². The zero-order chi connectivity index (χ0) is 14.5. The second kappa shape index (κ2) is 6.91. The molecule has 0 radical (unpaired) electrons. The van der Waals surface area contributed by atoms with E-state index < -0.39 is 0 Å². The van der Waals surface area contributed by atoms with Crippen molar-refractivity contribution in [3.63, 3.8) is 0 Å². The van der Waals surface area contributed by atoms with Crippen molar-refractivity contribution < 1.29 is 14.3 Å². The lowest BCUT2D eigenvalue weighted by molar-refractivity contribution is -0.123. The maximum absolute atomic E-state index is 12.2. The minimum Gasteiger partial charge on any atom is -0.492 e. The number of amides is 1. The van der Waals surface area contributed by atoms with E-state index in [1.54, 1.807) is 0 Å². The van der Waals surface area contributed by atoms with Crippen molar-refractivity contribution in [1.82, 2.24) is 10.6 Å². The molecule has 5 nitrogen and oxygen atoms in total. The molecule has 0 aliphatic carbocycles. The maximum atomic E-state index is 12.2. The van der Waals surface area contributed by atoms with Crippen molar-refractivity contribution >= 4 is 5.91 Å². The Morgan fingerprint density at radius 2 is 2.14 bits per heavy atom. The minimum absolute atomic E-state index is 0.0221. The molecule has 2 heterocycles. The first-order valence-corrected chi connectivity index (χ1v) is 7.66. The summed E-state index contributed by atoms with van der Waals surface area (Å²) in [7, 11) is 0. The maximum Gasteiger partial charge on any atom is 0.231 e. The number of para-hydroxylation sites is 1. The number of carbonyl (C=O) groups excluding carboxylic acids is 1. The summed E-state index contributed by atoms with van der Waals surface area (Å²) in [6.45, 7) is 3.60. The minimum atomic E-state index is -0.194. The molecule has 5 heteroatoms.